The Balaban J connectivity index is 2.07. The molecular formula is C16H16BrCl2NO. The van der Waals surface area contributed by atoms with Gasteiger partial charge in [0.2, 0.25) is 0 Å². The molecule has 0 aliphatic heterocycles. The van der Waals surface area contributed by atoms with Crippen LogP contribution >= 0.6 is 39.1 Å². The van der Waals surface area contributed by atoms with E-state index in [4.69, 9.17) is 33.7 Å². The number of benzene rings is 2. The van der Waals surface area contributed by atoms with Gasteiger partial charge in [0.25, 0.3) is 0 Å². The first-order valence-electron chi connectivity index (χ1n) is 6.51. The Kier molecular flexibility index (Phi) is 5.94. The second-order valence-electron chi connectivity index (χ2n) is 4.87. The summed E-state index contributed by atoms with van der Waals surface area (Å²) >= 11 is 15.5. The molecule has 0 fully saturated rings. The predicted molar refractivity (Wildman–Crippen MR) is 92.5 cm³/mol. The number of hydrogen-bond acceptors (Lipinski definition) is 2. The third kappa shape index (κ3) is 4.62. The van der Waals surface area contributed by atoms with Crippen LogP contribution in [0.5, 0.6) is 5.75 Å². The number of rotatable bonds is 5. The van der Waals surface area contributed by atoms with Gasteiger partial charge in [0, 0.05) is 10.5 Å². The van der Waals surface area contributed by atoms with Crippen molar-refractivity contribution in [3.8, 4) is 5.75 Å². The minimum Gasteiger partial charge on any atom is -0.497 e. The molecule has 0 radical (unpaired) electrons. The molecule has 2 rings (SSSR count). The quantitative estimate of drug-likeness (QED) is 0.792. The molecule has 0 saturated heterocycles. The molecule has 0 saturated carbocycles. The fourth-order valence-electron chi connectivity index (χ4n) is 2.16. The molecule has 0 bridgehead atoms. The van der Waals surface area contributed by atoms with Crippen molar-refractivity contribution in [1.82, 2.24) is 0 Å². The van der Waals surface area contributed by atoms with Crippen molar-refractivity contribution in [2.75, 3.05) is 7.11 Å². The summed E-state index contributed by atoms with van der Waals surface area (Å²) in [5.74, 6) is 0.829. The Hall–Kier alpha value is -0.740. The molecule has 0 amide bonds. The molecule has 2 aromatic carbocycles. The van der Waals surface area contributed by atoms with Crippen LogP contribution in [0.2, 0.25) is 10.0 Å². The van der Waals surface area contributed by atoms with Crippen molar-refractivity contribution in [3.05, 3.63) is 62.0 Å². The Morgan fingerprint density at radius 3 is 2.52 bits per heavy atom. The van der Waals surface area contributed by atoms with E-state index in [-0.39, 0.29) is 6.04 Å². The first-order chi connectivity index (χ1) is 9.99. The van der Waals surface area contributed by atoms with Gasteiger partial charge in [-0.2, -0.15) is 0 Å². The summed E-state index contributed by atoms with van der Waals surface area (Å²) in [4.78, 5) is 0. The summed E-state index contributed by atoms with van der Waals surface area (Å²) in [6.07, 6.45) is 1.48. The van der Waals surface area contributed by atoms with Crippen LogP contribution in [0.3, 0.4) is 0 Å². The summed E-state index contributed by atoms with van der Waals surface area (Å²) in [5.41, 5.74) is 8.45. The van der Waals surface area contributed by atoms with Crippen LogP contribution in [0, 0.1) is 0 Å². The van der Waals surface area contributed by atoms with E-state index in [1.165, 1.54) is 0 Å². The highest BCUT2D eigenvalue weighted by atomic mass is 79.9. The Labute approximate surface area is 143 Å². The van der Waals surface area contributed by atoms with Crippen LogP contribution in [0.15, 0.2) is 40.9 Å². The van der Waals surface area contributed by atoms with Gasteiger partial charge in [0.1, 0.15) is 5.75 Å². The van der Waals surface area contributed by atoms with Crippen LogP contribution in [0.4, 0.5) is 0 Å². The minimum absolute atomic E-state index is 0.00866. The molecule has 1 unspecified atom stereocenters. The minimum atomic E-state index is -0.00866. The lowest BCUT2D eigenvalue weighted by Gasteiger charge is -2.14. The molecule has 0 aromatic heterocycles. The van der Waals surface area contributed by atoms with Gasteiger partial charge >= 0.3 is 0 Å². The van der Waals surface area contributed by atoms with Gasteiger partial charge in [-0.25, -0.2) is 0 Å². The molecule has 1 atom stereocenters. The largest absolute Gasteiger partial charge is 0.497 e. The molecular weight excluding hydrogens is 373 g/mol. The highest BCUT2D eigenvalue weighted by Crippen LogP contribution is 2.25. The maximum atomic E-state index is 6.25. The third-order valence-electron chi connectivity index (χ3n) is 3.22. The van der Waals surface area contributed by atoms with Gasteiger partial charge in [-0.05, 0) is 54.3 Å². The lowest BCUT2D eigenvalue weighted by Crippen LogP contribution is -2.25. The number of hydrogen-bond donors (Lipinski definition) is 1. The second kappa shape index (κ2) is 7.50. The van der Waals surface area contributed by atoms with Gasteiger partial charge in [-0.15, -0.1) is 0 Å². The molecule has 0 aliphatic carbocycles. The summed E-state index contributed by atoms with van der Waals surface area (Å²) in [6.45, 7) is 0. The molecule has 2 nitrogen and oxygen atoms in total. The highest BCUT2D eigenvalue weighted by molar-refractivity contribution is 9.10. The maximum absolute atomic E-state index is 6.25. The van der Waals surface area contributed by atoms with E-state index < -0.39 is 0 Å². The van der Waals surface area contributed by atoms with Crippen molar-refractivity contribution in [2.24, 2.45) is 5.73 Å². The zero-order valence-electron chi connectivity index (χ0n) is 11.6. The van der Waals surface area contributed by atoms with E-state index in [2.05, 4.69) is 15.9 Å². The lowest BCUT2D eigenvalue weighted by atomic mass is 9.99. The number of halogens is 3. The average molecular weight is 389 g/mol. The Bertz CT molecular complexity index is 634. The number of methoxy groups -OCH3 is 1. The van der Waals surface area contributed by atoms with Crippen molar-refractivity contribution in [2.45, 2.75) is 18.9 Å². The third-order valence-corrected chi connectivity index (χ3v) is 4.73. The van der Waals surface area contributed by atoms with Crippen LogP contribution in [-0.4, -0.2) is 13.2 Å². The Morgan fingerprint density at radius 1 is 1.10 bits per heavy atom. The van der Waals surface area contributed by atoms with Crippen LogP contribution < -0.4 is 10.5 Å². The fourth-order valence-corrected chi connectivity index (χ4v) is 2.89. The van der Waals surface area contributed by atoms with Gasteiger partial charge in [0.15, 0.2) is 0 Å². The van der Waals surface area contributed by atoms with Crippen LogP contribution in [-0.2, 0) is 12.8 Å². The van der Waals surface area contributed by atoms with Gasteiger partial charge in [-0.1, -0.05) is 45.2 Å². The molecule has 21 heavy (non-hydrogen) atoms. The molecule has 5 heteroatoms. The number of ether oxygens (including phenoxy) is 1. The first-order valence-corrected chi connectivity index (χ1v) is 8.06. The molecule has 0 heterocycles. The van der Waals surface area contributed by atoms with Crippen LogP contribution in [0.1, 0.15) is 11.1 Å². The average Bonchev–Trinajstić information content (AvgIpc) is 2.45. The fraction of sp³-hybridized carbons (Fsp3) is 0.250. The smallest absolute Gasteiger partial charge is 0.119 e. The zero-order chi connectivity index (χ0) is 15.4. The van der Waals surface area contributed by atoms with E-state index in [1.54, 1.807) is 13.2 Å². The molecule has 2 aromatic rings. The van der Waals surface area contributed by atoms with Crippen molar-refractivity contribution in [3.63, 3.8) is 0 Å². The zero-order valence-corrected chi connectivity index (χ0v) is 14.7. The lowest BCUT2D eigenvalue weighted by molar-refractivity contribution is 0.414. The van der Waals surface area contributed by atoms with Crippen molar-refractivity contribution < 1.29 is 4.74 Å². The summed E-state index contributed by atoms with van der Waals surface area (Å²) in [5, 5.41) is 1.12. The van der Waals surface area contributed by atoms with Crippen molar-refractivity contribution in [1.29, 1.82) is 0 Å². The SMILES string of the molecule is COc1ccc(Br)c(CC(N)Cc2ccc(Cl)c(Cl)c2)c1. The molecule has 0 aliphatic rings. The predicted octanol–water partition coefficient (Wildman–Crippen LogP) is 4.88. The van der Waals surface area contributed by atoms with E-state index in [1.807, 2.05) is 30.3 Å². The highest BCUT2D eigenvalue weighted by Gasteiger charge is 2.10. The standard InChI is InChI=1S/C16H16BrCl2NO/c1-21-13-3-4-14(17)11(9-13)8-12(20)6-10-2-5-15(18)16(19)7-10/h2-5,7,9,12H,6,8,20H2,1H3. The van der Waals surface area contributed by atoms with Crippen LogP contribution in [0.25, 0.3) is 0 Å². The Morgan fingerprint density at radius 2 is 1.86 bits per heavy atom. The normalized spacial score (nSPS) is 12.2. The molecule has 0 spiro atoms. The van der Waals surface area contributed by atoms with Gasteiger partial charge < -0.3 is 10.5 Å². The summed E-state index contributed by atoms with van der Waals surface area (Å²) in [6, 6.07) is 11.5. The molecule has 2 N–H and O–H groups in total. The van der Waals surface area contributed by atoms with Crippen molar-refractivity contribution >= 4 is 39.1 Å². The molecule has 112 valence electrons. The number of nitrogens with two attached hydrogens (primary N) is 1. The maximum Gasteiger partial charge on any atom is 0.119 e. The van der Waals surface area contributed by atoms with Gasteiger partial charge in [0.05, 0.1) is 17.2 Å². The van der Waals surface area contributed by atoms with Gasteiger partial charge in [-0.3, -0.25) is 0 Å². The first kappa shape index (κ1) is 16.6. The summed E-state index contributed by atoms with van der Waals surface area (Å²) < 4.78 is 6.28. The monoisotopic (exact) mass is 387 g/mol. The van der Waals surface area contributed by atoms with E-state index in [0.29, 0.717) is 10.0 Å². The summed E-state index contributed by atoms with van der Waals surface area (Å²) in [7, 11) is 1.66. The topological polar surface area (TPSA) is 35.2 Å². The van der Waals surface area contributed by atoms with E-state index in [9.17, 15) is 0 Å². The second-order valence-corrected chi connectivity index (χ2v) is 6.54. The van der Waals surface area contributed by atoms with E-state index in [0.717, 1.165) is 34.2 Å². The van der Waals surface area contributed by atoms with E-state index >= 15 is 0 Å².